The van der Waals surface area contributed by atoms with E-state index in [1.165, 1.54) is 24.9 Å². The standard InChI is InChI=1S/C14H23N3O/c1-3-18-13-5-4-8-17(11-13)10-12-6-7-16-14(9-12)15-2/h6-7,9,13H,3-5,8,10-11H2,1-2H3,(H,15,16). The van der Waals surface area contributed by atoms with E-state index in [9.17, 15) is 0 Å². The van der Waals surface area contributed by atoms with Gasteiger partial charge in [0.2, 0.25) is 0 Å². The van der Waals surface area contributed by atoms with Crippen LogP contribution in [0.15, 0.2) is 18.3 Å². The number of nitrogens with zero attached hydrogens (tertiary/aromatic N) is 2. The summed E-state index contributed by atoms with van der Waals surface area (Å²) in [5.74, 6) is 0.936. The van der Waals surface area contributed by atoms with E-state index in [-0.39, 0.29) is 0 Å². The number of hydrogen-bond acceptors (Lipinski definition) is 4. The van der Waals surface area contributed by atoms with E-state index in [0.717, 1.165) is 25.5 Å². The van der Waals surface area contributed by atoms with Crippen molar-refractivity contribution in [3.63, 3.8) is 0 Å². The summed E-state index contributed by atoms with van der Waals surface area (Å²) in [5, 5.41) is 3.08. The van der Waals surface area contributed by atoms with Gasteiger partial charge in [0.25, 0.3) is 0 Å². The molecule has 0 bridgehead atoms. The first-order valence-electron chi connectivity index (χ1n) is 6.78. The van der Waals surface area contributed by atoms with Gasteiger partial charge in [0.05, 0.1) is 6.10 Å². The van der Waals surface area contributed by atoms with Crippen LogP contribution in [-0.4, -0.2) is 42.7 Å². The second-order valence-corrected chi connectivity index (χ2v) is 4.75. The number of anilines is 1. The molecule has 1 N–H and O–H groups in total. The maximum absolute atomic E-state index is 5.73. The molecule has 0 amide bonds. The Balaban J connectivity index is 1.91. The minimum absolute atomic E-state index is 0.411. The lowest BCUT2D eigenvalue weighted by atomic mass is 10.1. The molecular formula is C14H23N3O. The molecule has 4 heteroatoms. The quantitative estimate of drug-likeness (QED) is 0.867. The molecule has 1 aromatic heterocycles. The Morgan fingerprint density at radius 3 is 3.22 bits per heavy atom. The number of nitrogens with one attached hydrogen (secondary N) is 1. The molecule has 1 atom stereocenters. The molecule has 0 aliphatic carbocycles. The third-order valence-electron chi connectivity index (χ3n) is 3.35. The first-order valence-corrected chi connectivity index (χ1v) is 6.78. The number of hydrogen-bond donors (Lipinski definition) is 1. The van der Waals surface area contributed by atoms with Crippen molar-refractivity contribution in [1.29, 1.82) is 0 Å². The molecular weight excluding hydrogens is 226 g/mol. The lowest BCUT2D eigenvalue weighted by molar-refractivity contribution is 0.00363. The average Bonchev–Trinajstić information content (AvgIpc) is 2.40. The monoisotopic (exact) mass is 249 g/mol. The van der Waals surface area contributed by atoms with Crippen molar-refractivity contribution in [2.45, 2.75) is 32.4 Å². The van der Waals surface area contributed by atoms with Crippen molar-refractivity contribution >= 4 is 5.82 Å². The summed E-state index contributed by atoms with van der Waals surface area (Å²) >= 11 is 0. The van der Waals surface area contributed by atoms with Crippen LogP contribution in [0.4, 0.5) is 5.82 Å². The largest absolute Gasteiger partial charge is 0.377 e. The van der Waals surface area contributed by atoms with Crippen molar-refractivity contribution in [1.82, 2.24) is 9.88 Å². The highest BCUT2D eigenvalue weighted by molar-refractivity contribution is 5.36. The normalized spacial score (nSPS) is 20.9. The van der Waals surface area contributed by atoms with Crippen LogP contribution in [0.3, 0.4) is 0 Å². The molecule has 2 heterocycles. The summed E-state index contributed by atoms with van der Waals surface area (Å²) in [6.45, 7) is 6.09. The molecule has 0 spiro atoms. The third-order valence-corrected chi connectivity index (χ3v) is 3.35. The predicted octanol–water partition coefficient (Wildman–Crippen LogP) is 2.12. The molecule has 4 nitrogen and oxygen atoms in total. The Labute approximate surface area is 109 Å². The average molecular weight is 249 g/mol. The van der Waals surface area contributed by atoms with Gasteiger partial charge in [0.1, 0.15) is 5.82 Å². The molecule has 2 rings (SSSR count). The van der Waals surface area contributed by atoms with E-state index in [2.05, 4.69) is 34.3 Å². The second kappa shape index (κ2) is 6.71. The highest BCUT2D eigenvalue weighted by Gasteiger charge is 2.19. The first-order chi connectivity index (χ1) is 8.81. The zero-order chi connectivity index (χ0) is 12.8. The van der Waals surface area contributed by atoms with Crippen LogP contribution in [-0.2, 0) is 11.3 Å². The van der Waals surface area contributed by atoms with Gasteiger partial charge in [0.15, 0.2) is 0 Å². The molecule has 1 fully saturated rings. The molecule has 0 saturated carbocycles. The van der Waals surface area contributed by atoms with Crippen LogP contribution < -0.4 is 5.32 Å². The minimum Gasteiger partial charge on any atom is -0.377 e. The van der Waals surface area contributed by atoms with Crippen molar-refractivity contribution in [2.24, 2.45) is 0 Å². The van der Waals surface area contributed by atoms with E-state index >= 15 is 0 Å². The summed E-state index contributed by atoms with van der Waals surface area (Å²) in [6.07, 6.45) is 4.71. The van der Waals surface area contributed by atoms with Gasteiger partial charge >= 0.3 is 0 Å². The summed E-state index contributed by atoms with van der Waals surface area (Å²) in [4.78, 5) is 6.71. The van der Waals surface area contributed by atoms with E-state index in [1.54, 1.807) is 0 Å². The Bertz CT molecular complexity index is 368. The molecule has 100 valence electrons. The van der Waals surface area contributed by atoms with Crippen LogP contribution in [0, 0.1) is 0 Å². The Hall–Kier alpha value is -1.13. The molecule has 0 radical (unpaired) electrons. The lowest BCUT2D eigenvalue weighted by Crippen LogP contribution is -2.39. The van der Waals surface area contributed by atoms with Gasteiger partial charge in [-0.1, -0.05) is 0 Å². The number of ether oxygens (including phenoxy) is 1. The molecule has 1 unspecified atom stereocenters. The topological polar surface area (TPSA) is 37.4 Å². The fraction of sp³-hybridized carbons (Fsp3) is 0.643. The van der Waals surface area contributed by atoms with Gasteiger partial charge in [-0.2, -0.15) is 0 Å². The second-order valence-electron chi connectivity index (χ2n) is 4.75. The predicted molar refractivity (Wildman–Crippen MR) is 73.7 cm³/mol. The summed E-state index contributed by atoms with van der Waals surface area (Å²) in [7, 11) is 1.90. The lowest BCUT2D eigenvalue weighted by Gasteiger charge is -2.32. The molecule has 1 aliphatic heterocycles. The van der Waals surface area contributed by atoms with E-state index in [1.807, 2.05) is 13.2 Å². The number of rotatable bonds is 5. The minimum atomic E-state index is 0.411. The van der Waals surface area contributed by atoms with Crippen LogP contribution in [0.2, 0.25) is 0 Å². The SMILES string of the molecule is CCOC1CCCN(Cc2ccnc(NC)c2)C1. The maximum Gasteiger partial charge on any atom is 0.125 e. The fourth-order valence-electron chi connectivity index (χ4n) is 2.50. The number of aromatic nitrogens is 1. The van der Waals surface area contributed by atoms with Gasteiger partial charge in [-0.05, 0) is 44.0 Å². The molecule has 1 saturated heterocycles. The van der Waals surface area contributed by atoms with Gasteiger partial charge in [-0.25, -0.2) is 4.98 Å². The molecule has 0 aromatic carbocycles. The van der Waals surface area contributed by atoms with Crippen molar-refractivity contribution < 1.29 is 4.74 Å². The van der Waals surface area contributed by atoms with Crippen LogP contribution in [0.1, 0.15) is 25.3 Å². The van der Waals surface area contributed by atoms with E-state index in [4.69, 9.17) is 4.74 Å². The van der Waals surface area contributed by atoms with Gasteiger partial charge in [-0.15, -0.1) is 0 Å². The van der Waals surface area contributed by atoms with E-state index in [0.29, 0.717) is 6.10 Å². The molecule has 1 aromatic rings. The Morgan fingerprint density at radius 2 is 2.44 bits per heavy atom. The number of likely N-dealkylation sites (tertiary alicyclic amines) is 1. The van der Waals surface area contributed by atoms with Gasteiger partial charge < -0.3 is 10.1 Å². The van der Waals surface area contributed by atoms with Crippen LogP contribution >= 0.6 is 0 Å². The summed E-state index contributed by atoms with van der Waals surface area (Å²) in [5.41, 5.74) is 1.31. The number of piperidine rings is 1. The smallest absolute Gasteiger partial charge is 0.125 e. The zero-order valence-corrected chi connectivity index (χ0v) is 11.4. The van der Waals surface area contributed by atoms with Crippen molar-refractivity contribution in [3.8, 4) is 0 Å². The highest BCUT2D eigenvalue weighted by atomic mass is 16.5. The first kappa shape index (κ1) is 13.3. The Morgan fingerprint density at radius 1 is 1.56 bits per heavy atom. The highest BCUT2D eigenvalue weighted by Crippen LogP contribution is 2.16. The molecule has 1 aliphatic rings. The van der Waals surface area contributed by atoms with Gasteiger partial charge in [-0.3, -0.25) is 4.90 Å². The van der Waals surface area contributed by atoms with Gasteiger partial charge in [0, 0.05) is 32.9 Å². The summed E-state index contributed by atoms with van der Waals surface area (Å²) in [6, 6.07) is 4.20. The number of pyridine rings is 1. The zero-order valence-electron chi connectivity index (χ0n) is 11.4. The molecule has 18 heavy (non-hydrogen) atoms. The van der Waals surface area contributed by atoms with E-state index < -0.39 is 0 Å². The van der Waals surface area contributed by atoms with Crippen LogP contribution in [0.25, 0.3) is 0 Å². The Kier molecular flexibility index (Phi) is 4.96. The van der Waals surface area contributed by atoms with Crippen LogP contribution in [0.5, 0.6) is 0 Å². The maximum atomic E-state index is 5.73. The summed E-state index contributed by atoms with van der Waals surface area (Å²) < 4.78 is 5.73. The van der Waals surface area contributed by atoms with Crippen molar-refractivity contribution in [2.75, 3.05) is 32.1 Å². The third kappa shape index (κ3) is 3.68. The fourth-order valence-corrected chi connectivity index (χ4v) is 2.50. The van der Waals surface area contributed by atoms with Crippen molar-refractivity contribution in [3.05, 3.63) is 23.9 Å².